The molecule has 1 atom stereocenters. The van der Waals surface area contributed by atoms with E-state index >= 15 is 0 Å². The average molecular weight is 278 g/mol. The molecule has 0 bridgehead atoms. The average Bonchev–Trinajstić information content (AvgIpc) is 2.44. The molecule has 0 aromatic heterocycles. The van der Waals surface area contributed by atoms with E-state index in [1.807, 2.05) is 37.3 Å². The second-order valence-corrected chi connectivity index (χ2v) is 4.90. The van der Waals surface area contributed by atoms with Crippen LogP contribution in [0.5, 0.6) is 0 Å². The standard InChI is InChI=1S/C15H22N2O3/c1-12(7-8-15(19)20)9-10-16-14(18)11-17-13-5-3-2-4-6-13/h2-6,12,17H,7-11H2,1H3,(H,16,18)(H,19,20). The first kappa shape index (κ1) is 16.0. The molecule has 0 saturated carbocycles. The molecule has 5 nitrogen and oxygen atoms in total. The van der Waals surface area contributed by atoms with Crippen LogP contribution in [-0.4, -0.2) is 30.1 Å². The van der Waals surface area contributed by atoms with Gasteiger partial charge >= 0.3 is 5.97 Å². The van der Waals surface area contributed by atoms with Crippen molar-refractivity contribution < 1.29 is 14.7 Å². The van der Waals surface area contributed by atoms with Gasteiger partial charge in [0.05, 0.1) is 6.54 Å². The SMILES string of the molecule is CC(CCNC(=O)CNc1ccccc1)CCC(=O)O. The quantitative estimate of drug-likeness (QED) is 0.646. The van der Waals surface area contributed by atoms with Crippen molar-refractivity contribution in [2.75, 3.05) is 18.4 Å². The number of nitrogens with one attached hydrogen (secondary N) is 2. The highest BCUT2D eigenvalue weighted by Gasteiger charge is 2.06. The van der Waals surface area contributed by atoms with Gasteiger partial charge in [-0.25, -0.2) is 0 Å². The molecule has 0 aliphatic carbocycles. The molecule has 1 aromatic rings. The molecule has 0 heterocycles. The molecule has 20 heavy (non-hydrogen) atoms. The van der Waals surface area contributed by atoms with Crippen molar-refractivity contribution in [1.29, 1.82) is 0 Å². The number of hydrogen-bond donors (Lipinski definition) is 3. The zero-order chi connectivity index (χ0) is 14.8. The first-order valence-electron chi connectivity index (χ1n) is 6.85. The number of carbonyl (C=O) groups excluding carboxylic acids is 1. The Balaban J connectivity index is 2.09. The smallest absolute Gasteiger partial charge is 0.303 e. The highest BCUT2D eigenvalue weighted by atomic mass is 16.4. The minimum atomic E-state index is -0.770. The Kier molecular flexibility index (Phi) is 7.17. The van der Waals surface area contributed by atoms with E-state index in [4.69, 9.17) is 5.11 Å². The molecular formula is C15H22N2O3. The molecule has 1 amide bonds. The zero-order valence-corrected chi connectivity index (χ0v) is 11.8. The fraction of sp³-hybridized carbons (Fsp3) is 0.467. The van der Waals surface area contributed by atoms with Crippen LogP contribution in [-0.2, 0) is 9.59 Å². The van der Waals surface area contributed by atoms with Crippen LogP contribution >= 0.6 is 0 Å². The van der Waals surface area contributed by atoms with Gasteiger partial charge in [0.15, 0.2) is 0 Å². The van der Waals surface area contributed by atoms with E-state index in [1.165, 1.54) is 0 Å². The van der Waals surface area contributed by atoms with Gasteiger partial charge in [-0.05, 0) is 30.9 Å². The number of carboxylic acids is 1. The molecule has 0 radical (unpaired) electrons. The summed E-state index contributed by atoms with van der Waals surface area (Å²) in [6.45, 7) is 2.82. The van der Waals surface area contributed by atoms with Gasteiger partial charge in [0.25, 0.3) is 0 Å². The fourth-order valence-electron chi connectivity index (χ4n) is 1.77. The van der Waals surface area contributed by atoms with Crippen LogP contribution in [0.15, 0.2) is 30.3 Å². The molecule has 0 saturated heterocycles. The maximum atomic E-state index is 11.6. The summed E-state index contributed by atoms with van der Waals surface area (Å²) in [5.41, 5.74) is 0.914. The predicted molar refractivity (Wildman–Crippen MR) is 78.6 cm³/mol. The van der Waals surface area contributed by atoms with Crippen molar-refractivity contribution >= 4 is 17.6 Å². The predicted octanol–water partition coefficient (Wildman–Crippen LogP) is 2.11. The molecule has 110 valence electrons. The van der Waals surface area contributed by atoms with Crippen molar-refractivity contribution in [3.8, 4) is 0 Å². The van der Waals surface area contributed by atoms with Gasteiger partial charge in [0, 0.05) is 18.7 Å². The van der Waals surface area contributed by atoms with Crippen LogP contribution < -0.4 is 10.6 Å². The third-order valence-electron chi connectivity index (χ3n) is 3.04. The monoisotopic (exact) mass is 278 g/mol. The van der Waals surface area contributed by atoms with E-state index in [2.05, 4.69) is 10.6 Å². The Bertz CT molecular complexity index is 420. The van der Waals surface area contributed by atoms with Crippen LogP contribution in [0.25, 0.3) is 0 Å². The van der Waals surface area contributed by atoms with E-state index in [1.54, 1.807) is 0 Å². The third kappa shape index (κ3) is 7.41. The molecule has 1 aromatic carbocycles. The zero-order valence-electron chi connectivity index (χ0n) is 11.8. The van der Waals surface area contributed by atoms with Gasteiger partial charge in [-0.2, -0.15) is 0 Å². The lowest BCUT2D eigenvalue weighted by atomic mass is 10.0. The highest BCUT2D eigenvalue weighted by Crippen LogP contribution is 2.09. The Morgan fingerprint density at radius 3 is 2.55 bits per heavy atom. The van der Waals surface area contributed by atoms with E-state index < -0.39 is 5.97 Å². The van der Waals surface area contributed by atoms with Crippen LogP contribution in [0.4, 0.5) is 5.69 Å². The Labute approximate surface area is 119 Å². The second-order valence-electron chi connectivity index (χ2n) is 4.90. The summed E-state index contributed by atoms with van der Waals surface area (Å²) >= 11 is 0. The van der Waals surface area contributed by atoms with Gasteiger partial charge in [0.1, 0.15) is 0 Å². The number of carbonyl (C=O) groups is 2. The van der Waals surface area contributed by atoms with Gasteiger partial charge in [-0.1, -0.05) is 25.1 Å². The molecule has 0 spiro atoms. The number of carboxylic acid groups (broad SMARTS) is 1. The van der Waals surface area contributed by atoms with E-state index in [-0.39, 0.29) is 18.9 Å². The molecule has 0 aliphatic rings. The van der Waals surface area contributed by atoms with E-state index in [0.717, 1.165) is 12.1 Å². The number of benzene rings is 1. The molecule has 3 N–H and O–H groups in total. The topological polar surface area (TPSA) is 78.4 Å². The minimum Gasteiger partial charge on any atom is -0.481 e. The summed E-state index contributed by atoms with van der Waals surface area (Å²) in [6, 6.07) is 9.54. The first-order valence-corrected chi connectivity index (χ1v) is 6.85. The summed E-state index contributed by atoms with van der Waals surface area (Å²) in [5, 5.41) is 14.4. The maximum absolute atomic E-state index is 11.6. The van der Waals surface area contributed by atoms with E-state index in [9.17, 15) is 9.59 Å². The molecule has 5 heteroatoms. The number of amides is 1. The van der Waals surface area contributed by atoms with Crippen molar-refractivity contribution in [3.63, 3.8) is 0 Å². The van der Waals surface area contributed by atoms with Gasteiger partial charge in [-0.3, -0.25) is 9.59 Å². The van der Waals surface area contributed by atoms with Crippen molar-refractivity contribution in [2.24, 2.45) is 5.92 Å². The molecular weight excluding hydrogens is 256 g/mol. The summed E-state index contributed by atoms with van der Waals surface area (Å²) in [4.78, 5) is 22.0. The lowest BCUT2D eigenvalue weighted by molar-refractivity contribution is -0.137. The van der Waals surface area contributed by atoms with Gasteiger partial charge in [0.2, 0.25) is 5.91 Å². The highest BCUT2D eigenvalue weighted by molar-refractivity contribution is 5.80. The van der Waals surface area contributed by atoms with Crippen molar-refractivity contribution in [1.82, 2.24) is 5.32 Å². The van der Waals surface area contributed by atoms with Crippen LogP contribution in [0.2, 0.25) is 0 Å². The molecule has 1 unspecified atom stereocenters. The molecule has 0 fully saturated rings. The van der Waals surface area contributed by atoms with Crippen LogP contribution in [0.3, 0.4) is 0 Å². The number of hydrogen-bond acceptors (Lipinski definition) is 3. The minimum absolute atomic E-state index is 0.0562. The fourth-order valence-corrected chi connectivity index (χ4v) is 1.77. The number of rotatable bonds is 9. The van der Waals surface area contributed by atoms with E-state index in [0.29, 0.717) is 18.9 Å². The lowest BCUT2D eigenvalue weighted by Crippen LogP contribution is -2.31. The van der Waals surface area contributed by atoms with Crippen molar-refractivity contribution in [3.05, 3.63) is 30.3 Å². The third-order valence-corrected chi connectivity index (χ3v) is 3.04. The Hall–Kier alpha value is -2.04. The lowest BCUT2D eigenvalue weighted by Gasteiger charge is -2.11. The maximum Gasteiger partial charge on any atom is 0.303 e. The van der Waals surface area contributed by atoms with Gasteiger partial charge < -0.3 is 15.7 Å². The summed E-state index contributed by atoms with van der Waals surface area (Å²) in [6.07, 6.45) is 1.63. The second kappa shape index (κ2) is 8.96. The Morgan fingerprint density at radius 2 is 1.90 bits per heavy atom. The van der Waals surface area contributed by atoms with Crippen LogP contribution in [0.1, 0.15) is 26.2 Å². The summed E-state index contributed by atoms with van der Waals surface area (Å²) in [5.74, 6) is -0.527. The van der Waals surface area contributed by atoms with Crippen molar-refractivity contribution in [2.45, 2.75) is 26.2 Å². The normalized spacial score (nSPS) is 11.7. The molecule has 1 rings (SSSR count). The number of anilines is 1. The Morgan fingerprint density at radius 1 is 1.20 bits per heavy atom. The largest absolute Gasteiger partial charge is 0.481 e. The first-order chi connectivity index (χ1) is 9.58. The van der Waals surface area contributed by atoms with Crippen LogP contribution in [0, 0.1) is 5.92 Å². The summed E-state index contributed by atoms with van der Waals surface area (Å²) in [7, 11) is 0. The van der Waals surface area contributed by atoms with Gasteiger partial charge in [-0.15, -0.1) is 0 Å². The number of para-hydroxylation sites is 1. The summed E-state index contributed by atoms with van der Waals surface area (Å²) < 4.78 is 0. The number of aliphatic carboxylic acids is 1. The molecule has 0 aliphatic heterocycles.